The maximum absolute atomic E-state index is 13.9. The molecule has 0 aliphatic carbocycles. The first-order chi connectivity index (χ1) is 50.6. The van der Waals surface area contributed by atoms with Crippen LogP contribution in [0.4, 0.5) is 40.7 Å². The van der Waals surface area contributed by atoms with Crippen LogP contribution in [0.2, 0.25) is 10.1 Å². The van der Waals surface area contributed by atoms with Gasteiger partial charge in [-0.05, 0) is 72.5 Å². The molecule has 8 aromatic carbocycles. The third-order valence-electron chi connectivity index (χ3n) is 19.2. The van der Waals surface area contributed by atoms with Gasteiger partial charge in [-0.3, -0.25) is 19.2 Å². The zero-order valence-electron chi connectivity index (χ0n) is 62.6. The van der Waals surface area contributed by atoms with Crippen LogP contribution < -0.4 is 51.2 Å². The van der Waals surface area contributed by atoms with Crippen LogP contribution in [0.1, 0.15) is 99.3 Å². The first kappa shape index (κ1) is 80.4. The van der Waals surface area contributed by atoms with E-state index in [0.29, 0.717) is 96.7 Å². The van der Waals surface area contributed by atoms with Crippen LogP contribution in [0.25, 0.3) is 21.9 Å². The Morgan fingerprint density at radius 1 is 0.443 bits per heavy atom. The summed E-state index contributed by atoms with van der Waals surface area (Å²) in [7, 11) is 4.16. The standard InChI is InChI=1S/2C26H29F2N3O5.2C16H20Si/c2*1-16(30(3)20-13-18(27)12-19(28)14-20)21-10-17(26(34)29(2)4-7-32)11-22-23(33)15-24(36-25(21)22)31-5-8-35-9-6-31;2*1-16(2,3)17(14-10-6-4-7-11-14)15-12-8-5-9-13-15/h2*10-16,32H,4-9H2,1-3H3;2*4-13,17H,1-3H3. The highest BCUT2D eigenvalue weighted by Gasteiger charge is 2.32. The van der Waals surface area contributed by atoms with Gasteiger partial charge in [-0.1, -0.05) is 184 Å². The normalized spacial score (nSPS) is 13.7. The number of carbonyl (C=O) groups excluding carboxylic acids is 2. The molecule has 10 aromatic rings. The lowest BCUT2D eigenvalue weighted by Crippen LogP contribution is -2.48. The topological polar surface area (TPSA) is 173 Å². The number of hydrogen-bond acceptors (Lipinski definition) is 14. The number of ether oxygens (including phenoxy) is 2. The van der Waals surface area contributed by atoms with Crippen molar-refractivity contribution in [3.8, 4) is 0 Å². The molecule has 22 heteroatoms. The lowest BCUT2D eigenvalue weighted by molar-refractivity contribution is 0.0761. The Kier molecular flexibility index (Phi) is 27.7. The van der Waals surface area contributed by atoms with Crippen molar-refractivity contribution in [2.75, 3.05) is 127 Å². The van der Waals surface area contributed by atoms with Gasteiger partial charge in [0.05, 0.1) is 62.5 Å². The van der Waals surface area contributed by atoms with Gasteiger partial charge in [0, 0.05) is 125 Å². The molecule has 16 nitrogen and oxygen atoms in total. The average Bonchev–Trinajstić information content (AvgIpc) is 0.763. The van der Waals surface area contributed by atoms with Crippen LogP contribution in [0, 0.1) is 23.3 Å². The van der Waals surface area contributed by atoms with Crippen molar-refractivity contribution in [1.82, 2.24) is 9.80 Å². The summed E-state index contributed by atoms with van der Waals surface area (Å²) in [6, 6.07) is 58.3. The quantitative estimate of drug-likeness (QED) is 0.0614. The molecule has 2 aliphatic rings. The maximum atomic E-state index is 13.9. The molecule has 2 N–H and O–H groups in total. The van der Waals surface area contributed by atoms with E-state index < -0.39 is 52.9 Å². The van der Waals surface area contributed by atoms with Gasteiger partial charge in [0.25, 0.3) is 11.8 Å². The molecular weight excluding hydrogens is 1390 g/mol. The van der Waals surface area contributed by atoms with Crippen molar-refractivity contribution in [3.05, 3.63) is 260 Å². The number of morpholine rings is 2. The monoisotopic (exact) mass is 1480 g/mol. The summed E-state index contributed by atoms with van der Waals surface area (Å²) in [6.45, 7) is 21.9. The van der Waals surface area contributed by atoms with E-state index in [4.69, 9.17) is 18.3 Å². The minimum Gasteiger partial charge on any atom is -0.440 e. The molecule has 0 spiro atoms. The largest absolute Gasteiger partial charge is 0.440 e. The van der Waals surface area contributed by atoms with Gasteiger partial charge >= 0.3 is 0 Å². The lowest BCUT2D eigenvalue weighted by Gasteiger charge is -2.30. The molecular formula is C84H98F4N6O10Si2. The SMILES string of the molecule is CC(C)(C)[SiH](c1ccccc1)c1ccccc1.CC(C)(C)[SiH](c1ccccc1)c1ccccc1.CC(c1cc(C(=O)N(C)CCO)cc2c(=O)cc(N3CCOCC3)oc12)N(C)c1cc(F)cc(F)c1.CC(c1cc(C(=O)N(C)CCO)cc2c(=O)cc(N3CCOCC3)oc12)N(C)c1cc(F)cc(F)c1. The summed E-state index contributed by atoms with van der Waals surface area (Å²) < 4.78 is 79.0. The minimum absolute atomic E-state index is 0.120. The van der Waals surface area contributed by atoms with Crippen molar-refractivity contribution < 1.29 is 55.7 Å². The predicted octanol–water partition coefficient (Wildman–Crippen LogP) is 12.0. The van der Waals surface area contributed by atoms with Crippen molar-refractivity contribution >= 4 is 95.2 Å². The first-order valence-corrected chi connectivity index (χ1v) is 39.2. The van der Waals surface area contributed by atoms with E-state index in [9.17, 15) is 47.0 Å². The second-order valence-electron chi connectivity index (χ2n) is 29.0. The smallest absolute Gasteiger partial charge is 0.253 e. The fraction of sp³-hybridized carbons (Fsp3) is 0.333. The number of hydrogen-bond donors (Lipinski definition) is 2. The molecule has 12 rings (SSSR count). The van der Waals surface area contributed by atoms with Crippen LogP contribution in [0.5, 0.6) is 0 Å². The molecule has 560 valence electrons. The van der Waals surface area contributed by atoms with Crippen molar-refractivity contribution in [1.29, 1.82) is 0 Å². The molecule has 2 saturated heterocycles. The molecule has 2 atom stereocenters. The Morgan fingerprint density at radius 3 is 0.991 bits per heavy atom. The number of rotatable bonds is 18. The highest BCUT2D eigenvalue weighted by atomic mass is 28.3. The minimum atomic E-state index is -1.14. The molecule has 2 aromatic heterocycles. The number of anilines is 4. The van der Waals surface area contributed by atoms with Crippen LogP contribution in [-0.2, 0) is 9.47 Å². The Hall–Kier alpha value is -9.69. The average molecular weight is 1480 g/mol. The summed E-state index contributed by atoms with van der Waals surface area (Å²) in [5.41, 5.74) is 2.03. The molecule has 2 amide bonds. The van der Waals surface area contributed by atoms with Gasteiger partial charge in [-0.15, -0.1) is 0 Å². The van der Waals surface area contributed by atoms with Gasteiger partial charge in [0.1, 0.15) is 52.0 Å². The number of carbonyl (C=O) groups is 2. The van der Waals surface area contributed by atoms with Gasteiger partial charge in [-0.25, -0.2) is 17.6 Å². The molecule has 4 heterocycles. The van der Waals surface area contributed by atoms with E-state index in [1.807, 2.05) is 9.80 Å². The Labute approximate surface area is 621 Å². The number of aliphatic hydroxyl groups excluding tert-OH is 2. The number of aliphatic hydroxyl groups is 2. The summed E-state index contributed by atoms with van der Waals surface area (Å²) in [4.78, 5) is 62.4. The van der Waals surface area contributed by atoms with Crippen LogP contribution in [0.15, 0.2) is 213 Å². The summed E-state index contributed by atoms with van der Waals surface area (Å²) in [6.07, 6.45) is 0. The third kappa shape index (κ3) is 20.5. The van der Waals surface area contributed by atoms with E-state index in [-0.39, 0.29) is 82.2 Å². The number of nitrogens with zero attached hydrogens (tertiary/aromatic N) is 6. The number of fused-ring (bicyclic) bond motifs is 2. The Bertz CT molecular complexity index is 4280. The lowest BCUT2D eigenvalue weighted by atomic mass is 9.99. The van der Waals surface area contributed by atoms with Crippen LogP contribution in [-0.4, -0.2) is 157 Å². The van der Waals surface area contributed by atoms with Crippen molar-refractivity contribution in [2.45, 2.75) is 77.6 Å². The number of benzene rings is 8. The molecule has 0 saturated carbocycles. The van der Waals surface area contributed by atoms with Gasteiger partial charge in [0.2, 0.25) is 0 Å². The zero-order valence-corrected chi connectivity index (χ0v) is 64.9. The van der Waals surface area contributed by atoms with Gasteiger partial charge < -0.3 is 57.9 Å². The van der Waals surface area contributed by atoms with E-state index in [1.165, 1.54) is 79.1 Å². The van der Waals surface area contributed by atoms with Crippen LogP contribution >= 0.6 is 0 Å². The highest BCUT2D eigenvalue weighted by molar-refractivity contribution is 6.88. The number of halogens is 4. The molecule has 2 aliphatic heterocycles. The fourth-order valence-electron chi connectivity index (χ4n) is 13.6. The molecule has 0 bridgehead atoms. The molecule has 106 heavy (non-hydrogen) atoms. The summed E-state index contributed by atoms with van der Waals surface area (Å²) >= 11 is 0. The Balaban J connectivity index is 0.000000173. The van der Waals surface area contributed by atoms with Crippen molar-refractivity contribution in [3.63, 3.8) is 0 Å². The first-order valence-electron chi connectivity index (χ1n) is 35.8. The van der Waals surface area contributed by atoms with E-state index >= 15 is 0 Å². The molecule has 2 fully saturated rings. The Morgan fingerprint density at radius 2 is 0.726 bits per heavy atom. The van der Waals surface area contributed by atoms with Crippen molar-refractivity contribution in [2.24, 2.45) is 0 Å². The predicted molar refractivity (Wildman–Crippen MR) is 424 cm³/mol. The second kappa shape index (κ2) is 36.5. The van der Waals surface area contributed by atoms with Gasteiger partial charge in [-0.2, -0.15) is 0 Å². The number of likely N-dealkylation sites (N-methyl/N-ethyl adjacent to an activating group) is 2. The number of amides is 2. The fourth-order valence-corrected chi connectivity index (χ4v) is 20.8. The highest BCUT2D eigenvalue weighted by Crippen LogP contribution is 2.37. The molecule has 0 radical (unpaired) electrons. The van der Waals surface area contributed by atoms with Gasteiger partial charge in [0.15, 0.2) is 22.6 Å². The summed E-state index contributed by atoms with van der Waals surface area (Å²) in [5.74, 6) is -2.85. The zero-order chi connectivity index (χ0) is 76.6. The molecule has 2 unspecified atom stereocenters. The third-order valence-corrected chi connectivity index (χ3v) is 26.9. The van der Waals surface area contributed by atoms with E-state index in [2.05, 4.69) is 163 Å². The summed E-state index contributed by atoms with van der Waals surface area (Å²) in [5, 5.41) is 25.8. The van der Waals surface area contributed by atoms with E-state index in [0.717, 1.165) is 12.1 Å². The van der Waals surface area contributed by atoms with E-state index in [1.54, 1.807) is 64.0 Å². The van der Waals surface area contributed by atoms with Crippen LogP contribution in [0.3, 0.4) is 0 Å². The second-order valence-corrected chi connectivity index (χ2v) is 36.8. The maximum Gasteiger partial charge on any atom is 0.253 e.